The summed E-state index contributed by atoms with van der Waals surface area (Å²) < 4.78 is 10.5. The maximum Gasteiger partial charge on any atom is 0.293 e. The van der Waals surface area contributed by atoms with Gasteiger partial charge in [-0.05, 0) is 12.8 Å². The summed E-state index contributed by atoms with van der Waals surface area (Å²) in [6, 6.07) is 1.25. The number of amides is 2. The molecule has 23 heavy (non-hydrogen) atoms. The second-order valence-corrected chi connectivity index (χ2v) is 6.04. The van der Waals surface area contributed by atoms with E-state index in [1.54, 1.807) is 25.1 Å². The van der Waals surface area contributed by atoms with Gasteiger partial charge in [-0.3, -0.25) is 9.59 Å². The van der Waals surface area contributed by atoms with Crippen molar-refractivity contribution in [3.8, 4) is 0 Å². The summed E-state index contributed by atoms with van der Waals surface area (Å²) in [5.41, 5.74) is 0. The Hall–Kier alpha value is -2.09. The van der Waals surface area contributed by atoms with E-state index < -0.39 is 6.04 Å². The van der Waals surface area contributed by atoms with Gasteiger partial charge in [-0.2, -0.15) is 0 Å². The molecule has 8 nitrogen and oxygen atoms in total. The van der Waals surface area contributed by atoms with Crippen molar-refractivity contribution in [2.75, 3.05) is 51.8 Å². The van der Waals surface area contributed by atoms with Gasteiger partial charge >= 0.3 is 0 Å². The number of hydrogen-bond acceptors (Lipinski definition) is 6. The Morgan fingerprint density at radius 3 is 2.70 bits per heavy atom. The lowest BCUT2D eigenvalue weighted by Gasteiger charge is -2.26. The number of carbonyl (C=O) groups is 2. The predicted molar refractivity (Wildman–Crippen MR) is 82.3 cm³/mol. The van der Waals surface area contributed by atoms with Gasteiger partial charge in [0.1, 0.15) is 6.04 Å². The van der Waals surface area contributed by atoms with Crippen LogP contribution in [0.25, 0.3) is 0 Å². The zero-order valence-electron chi connectivity index (χ0n) is 13.5. The zero-order chi connectivity index (χ0) is 16.4. The van der Waals surface area contributed by atoms with Crippen molar-refractivity contribution >= 4 is 17.6 Å². The van der Waals surface area contributed by atoms with Crippen molar-refractivity contribution in [1.82, 2.24) is 15.0 Å². The van der Waals surface area contributed by atoms with Crippen LogP contribution in [0.1, 0.15) is 23.4 Å². The maximum absolute atomic E-state index is 12.7. The molecule has 2 aliphatic rings. The first kappa shape index (κ1) is 15.8. The van der Waals surface area contributed by atoms with Crippen molar-refractivity contribution in [3.63, 3.8) is 0 Å². The van der Waals surface area contributed by atoms with Gasteiger partial charge in [0, 0.05) is 39.8 Å². The fourth-order valence-corrected chi connectivity index (χ4v) is 3.01. The highest BCUT2D eigenvalue weighted by Gasteiger charge is 2.37. The van der Waals surface area contributed by atoms with Crippen molar-refractivity contribution < 1.29 is 18.8 Å². The Morgan fingerprint density at radius 1 is 1.26 bits per heavy atom. The van der Waals surface area contributed by atoms with Crippen molar-refractivity contribution in [2.45, 2.75) is 18.9 Å². The van der Waals surface area contributed by atoms with E-state index in [9.17, 15) is 9.59 Å². The molecular formula is C15H22N4O4. The van der Waals surface area contributed by atoms with E-state index >= 15 is 0 Å². The van der Waals surface area contributed by atoms with E-state index in [1.165, 1.54) is 4.90 Å². The van der Waals surface area contributed by atoms with E-state index in [2.05, 4.69) is 5.16 Å². The SMILES string of the molecule is CN(C)C(=O)[C@@H]1CCCN1C(=O)c1cc(N2CCOCC2)no1. The number of rotatable bonds is 3. The van der Waals surface area contributed by atoms with Crippen LogP contribution in [0.4, 0.5) is 5.82 Å². The first-order valence-electron chi connectivity index (χ1n) is 7.89. The van der Waals surface area contributed by atoms with Crippen LogP contribution in [0, 0.1) is 0 Å². The third-order valence-electron chi connectivity index (χ3n) is 4.28. The van der Waals surface area contributed by atoms with Gasteiger partial charge < -0.3 is 24.0 Å². The number of likely N-dealkylation sites (N-methyl/N-ethyl adjacent to an activating group) is 1. The molecule has 1 aromatic heterocycles. The fourth-order valence-electron chi connectivity index (χ4n) is 3.01. The summed E-state index contributed by atoms with van der Waals surface area (Å²) in [5, 5.41) is 3.99. The summed E-state index contributed by atoms with van der Waals surface area (Å²) in [5.74, 6) is 0.509. The molecule has 2 saturated heterocycles. The standard InChI is InChI=1S/C15H22N4O4/c1-17(2)14(20)11-4-3-5-19(11)15(21)12-10-13(16-23-12)18-6-8-22-9-7-18/h10-11H,3-9H2,1-2H3/t11-/m0/s1. The molecule has 126 valence electrons. The first-order valence-corrected chi connectivity index (χ1v) is 7.89. The minimum atomic E-state index is -0.408. The van der Waals surface area contributed by atoms with Crippen LogP contribution < -0.4 is 4.90 Å². The molecular weight excluding hydrogens is 300 g/mol. The second kappa shape index (κ2) is 6.57. The van der Waals surface area contributed by atoms with Gasteiger partial charge in [0.05, 0.1) is 13.2 Å². The molecule has 0 aromatic carbocycles. The van der Waals surface area contributed by atoms with Crippen LogP contribution in [0.5, 0.6) is 0 Å². The quantitative estimate of drug-likeness (QED) is 0.791. The highest BCUT2D eigenvalue weighted by atomic mass is 16.5. The summed E-state index contributed by atoms with van der Waals surface area (Å²) in [7, 11) is 3.41. The topological polar surface area (TPSA) is 79.1 Å². The van der Waals surface area contributed by atoms with E-state index in [-0.39, 0.29) is 17.6 Å². The summed E-state index contributed by atoms with van der Waals surface area (Å²) in [6.07, 6.45) is 1.51. The highest BCUT2D eigenvalue weighted by molar-refractivity contribution is 5.96. The molecule has 3 rings (SSSR count). The predicted octanol–water partition coefficient (Wildman–Crippen LogP) is 0.204. The second-order valence-electron chi connectivity index (χ2n) is 6.04. The number of aromatic nitrogens is 1. The molecule has 8 heteroatoms. The van der Waals surface area contributed by atoms with Crippen LogP contribution >= 0.6 is 0 Å². The third kappa shape index (κ3) is 3.17. The largest absolute Gasteiger partial charge is 0.378 e. The van der Waals surface area contributed by atoms with Crippen LogP contribution in [0.2, 0.25) is 0 Å². The number of carbonyl (C=O) groups excluding carboxylic acids is 2. The van der Waals surface area contributed by atoms with Crippen LogP contribution in [-0.4, -0.2) is 79.8 Å². The van der Waals surface area contributed by atoms with E-state index in [0.29, 0.717) is 32.0 Å². The lowest BCUT2D eigenvalue weighted by atomic mass is 10.2. The molecule has 1 aromatic rings. The van der Waals surface area contributed by atoms with Gasteiger partial charge in [0.25, 0.3) is 5.91 Å². The number of ether oxygens (including phenoxy) is 1. The molecule has 3 heterocycles. The molecule has 2 amide bonds. The molecule has 2 aliphatic heterocycles. The molecule has 0 radical (unpaired) electrons. The monoisotopic (exact) mass is 322 g/mol. The van der Waals surface area contributed by atoms with Crippen LogP contribution in [0.3, 0.4) is 0 Å². The van der Waals surface area contributed by atoms with E-state index in [4.69, 9.17) is 9.26 Å². The fraction of sp³-hybridized carbons (Fsp3) is 0.667. The molecule has 0 unspecified atom stereocenters. The maximum atomic E-state index is 12.7. The number of hydrogen-bond donors (Lipinski definition) is 0. The molecule has 1 atom stereocenters. The van der Waals surface area contributed by atoms with Gasteiger partial charge in [0.2, 0.25) is 11.7 Å². The number of morpholine rings is 1. The van der Waals surface area contributed by atoms with Gasteiger partial charge in [-0.25, -0.2) is 0 Å². The van der Waals surface area contributed by atoms with Gasteiger partial charge in [-0.15, -0.1) is 0 Å². The van der Waals surface area contributed by atoms with Crippen LogP contribution in [-0.2, 0) is 9.53 Å². The Balaban J connectivity index is 1.72. The Kier molecular flexibility index (Phi) is 4.51. The Bertz CT molecular complexity index is 580. The minimum absolute atomic E-state index is 0.0521. The molecule has 0 aliphatic carbocycles. The number of nitrogens with zero attached hydrogens (tertiary/aromatic N) is 4. The van der Waals surface area contributed by atoms with Crippen LogP contribution in [0.15, 0.2) is 10.6 Å². The van der Waals surface area contributed by atoms with E-state index in [0.717, 1.165) is 19.5 Å². The highest BCUT2D eigenvalue weighted by Crippen LogP contribution is 2.23. The van der Waals surface area contributed by atoms with Crippen molar-refractivity contribution in [1.29, 1.82) is 0 Å². The lowest BCUT2D eigenvalue weighted by Crippen LogP contribution is -2.45. The smallest absolute Gasteiger partial charge is 0.293 e. The van der Waals surface area contributed by atoms with Gasteiger partial charge in [0.15, 0.2) is 5.82 Å². The van der Waals surface area contributed by atoms with Crippen molar-refractivity contribution in [3.05, 3.63) is 11.8 Å². The first-order chi connectivity index (χ1) is 11.1. The summed E-state index contributed by atoms with van der Waals surface area (Å²) in [4.78, 5) is 30.0. The molecule has 0 saturated carbocycles. The molecule has 2 fully saturated rings. The lowest BCUT2D eigenvalue weighted by molar-refractivity contribution is -0.132. The molecule has 0 bridgehead atoms. The van der Waals surface area contributed by atoms with Gasteiger partial charge in [-0.1, -0.05) is 5.16 Å². The number of anilines is 1. The normalized spacial score (nSPS) is 21.6. The Morgan fingerprint density at radius 2 is 2.00 bits per heavy atom. The number of likely N-dealkylation sites (tertiary alicyclic amines) is 1. The summed E-state index contributed by atoms with van der Waals surface area (Å²) in [6.45, 7) is 3.30. The minimum Gasteiger partial charge on any atom is -0.378 e. The Labute approximate surface area is 134 Å². The average molecular weight is 322 g/mol. The zero-order valence-corrected chi connectivity index (χ0v) is 13.5. The third-order valence-corrected chi connectivity index (χ3v) is 4.28. The van der Waals surface area contributed by atoms with E-state index in [1.807, 2.05) is 4.90 Å². The summed E-state index contributed by atoms with van der Waals surface area (Å²) >= 11 is 0. The molecule has 0 spiro atoms. The van der Waals surface area contributed by atoms with Crippen molar-refractivity contribution in [2.24, 2.45) is 0 Å². The molecule has 0 N–H and O–H groups in total. The average Bonchev–Trinajstić information content (AvgIpc) is 3.23.